The molecule has 1 saturated heterocycles. The Hall–Kier alpha value is -3.59. The average molecular weight is 488 g/mol. The number of carbonyl (C=O) groups is 1. The Morgan fingerprint density at radius 1 is 1.08 bits per heavy atom. The lowest BCUT2D eigenvalue weighted by Crippen LogP contribution is -2.57. The number of nitrogens with zero attached hydrogens (tertiary/aromatic N) is 6. The summed E-state index contributed by atoms with van der Waals surface area (Å²) < 4.78 is 16.1. The van der Waals surface area contributed by atoms with Gasteiger partial charge in [-0.15, -0.1) is 0 Å². The lowest BCUT2D eigenvalue weighted by Gasteiger charge is -2.45. The number of nitrogens with one attached hydrogen (secondary N) is 1. The molecule has 0 unspecified atom stereocenters. The monoisotopic (exact) mass is 487 g/mol. The normalized spacial score (nSPS) is 20.8. The van der Waals surface area contributed by atoms with Crippen molar-refractivity contribution in [3.05, 3.63) is 60.1 Å². The minimum Gasteiger partial charge on any atom is -0.367 e. The Bertz CT molecular complexity index is 1450. The number of piperazine rings is 1. The fraction of sp³-hybridized carbons (Fsp3) is 0.407. The van der Waals surface area contributed by atoms with Crippen molar-refractivity contribution in [3.63, 3.8) is 0 Å². The molecule has 8 nitrogen and oxygen atoms in total. The lowest BCUT2D eigenvalue weighted by atomic mass is 10.0. The molecule has 0 spiro atoms. The van der Waals surface area contributed by atoms with E-state index in [1.54, 1.807) is 42.2 Å². The third-order valence-corrected chi connectivity index (χ3v) is 7.34. The highest BCUT2D eigenvalue weighted by Gasteiger charge is 2.34. The number of halogens is 1. The van der Waals surface area contributed by atoms with Crippen LogP contribution < -0.4 is 10.2 Å². The first-order valence-corrected chi connectivity index (χ1v) is 12.6. The topological polar surface area (TPSA) is 78.7 Å². The van der Waals surface area contributed by atoms with Crippen LogP contribution in [0.1, 0.15) is 42.7 Å². The van der Waals surface area contributed by atoms with Gasteiger partial charge in [-0.25, -0.2) is 9.37 Å². The summed E-state index contributed by atoms with van der Waals surface area (Å²) in [5, 5.41) is 2.82. The minimum atomic E-state index is -0.495. The molecule has 1 saturated carbocycles. The highest BCUT2D eigenvalue weighted by atomic mass is 19.1. The molecule has 6 rings (SSSR count). The molecule has 4 aromatic rings. The van der Waals surface area contributed by atoms with Gasteiger partial charge in [-0.05, 0) is 51.7 Å². The van der Waals surface area contributed by atoms with Gasteiger partial charge in [-0.3, -0.25) is 19.7 Å². The fourth-order valence-corrected chi connectivity index (χ4v) is 5.44. The van der Waals surface area contributed by atoms with Crippen molar-refractivity contribution in [2.24, 2.45) is 5.92 Å². The van der Waals surface area contributed by atoms with Crippen LogP contribution in [0.2, 0.25) is 0 Å². The zero-order valence-electron chi connectivity index (χ0n) is 20.8. The van der Waals surface area contributed by atoms with Crippen molar-refractivity contribution in [2.75, 3.05) is 29.9 Å². The highest BCUT2D eigenvalue weighted by Crippen LogP contribution is 2.34. The maximum Gasteiger partial charge on any atom is 0.257 e. The highest BCUT2D eigenvalue weighted by molar-refractivity contribution is 6.13. The van der Waals surface area contributed by atoms with Crippen LogP contribution >= 0.6 is 0 Å². The molecule has 3 aromatic heterocycles. The van der Waals surface area contributed by atoms with E-state index in [4.69, 9.17) is 0 Å². The molecule has 1 aliphatic heterocycles. The van der Waals surface area contributed by atoms with Crippen LogP contribution in [0.5, 0.6) is 0 Å². The Labute approximate surface area is 209 Å². The largest absolute Gasteiger partial charge is 0.367 e. The Balaban J connectivity index is 1.29. The van der Waals surface area contributed by atoms with Gasteiger partial charge in [-0.2, -0.15) is 0 Å². The summed E-state index contributed by atoms with van der Waals surface area (Å²) in [5.74, 6) is 0.00141. The van der Waals surface area contributed by atoms with Crippen LogP contribution in [-0.2, 0) is 0 Å². The van der Waals surface area contributed by atoms with Crippen LogP contribution in [0.25, 0.3) is 16.7 Å². The van der Waals surface area contributed by atoms with E-state index < -0.39 is 5.82 Å². The first kappa shape index (κ1) is 22.8. The van der Waals surface area contributed by atoms with Crippen LogP contribution in [-0.4, -0.2) is 61.9 Å². The summed E-state index contributed by atoms with van der Waals surface area (Å²) in [5.41, 5.74) is 3.90. The molecule has 1 aromatic carbocycles. The molecular formula is C27H30FN7O. The van der Waals surface area contributed by atoms with Crippen molar-refractivity contribution in [2.45, 2.75) is 45.7 Å². The Morgan fingerprint density at radius 2 is 1.81 bits per heavy atom. The number of anilines is 2. The zero-order chi connectivity index (χ0) is 25.0. The van der Waals surface area contributed by atoms with Gasteiger partial charge in [-0.1, -0.05) is 0 Å². The van der Waals surface area contributed by atoms with E-state index in [0.717, 1.165) is 24.7 Å². The molecule has 1 N–H and O–H groups in total. The van der Waals surface area contributed by atoms with Gasteiger partial charge in [0.25, 0.3) is 5.91 Å². The molecule has 2 aliphatic rings. The maximum absolute atomic E-state index is 14.5. The van der Waals surface area contributed by atoms with Crippen molar-refractivity contribution < 1.29 is 9.18 Å². The van der Waals surface area contributed by atoms with Crippen molar-refractivity contribution >= 4 is 34.0 Å². The van der Waals surface area contributed by atoms with Gasteiger partial charge in [0.2, 0.25) is 0 Å². The maximum atomic E-state index is 14.5. The molecule has 186 valence electrons. The third kappa shape index (κ3) is 4.17. The van der Waals surface area contributed by atoms with E-state index in [9.17, 15) is 9.18 Å². The van der Waals surface area contributed by atoms with Gasteiger partial charge in [0.05, 0.1) is 22.6 Å². The second-order valence-corrected chi connectivity index (χ2v) is 10.3. The van der Waals surface area contributed by atoms with E-state index in [0.29, 0.717) is 40.1 Å². The zero-order valence-corrected chi connectivity index (χ0v) is 20.8. The van der Waals surface area contributed by atoms with Crippen LogP contribution in [0.15, 0.2) is 43.0 Å². The second kappa shape index (κ2) is 8.81. The van der Waals surface area contributed by atoms with Crippen molar-refractivity contribution in [1.29, 1.82) is 0 Å². The smallest absolute Gasteiger partial charge is 0.257 e. The second-order valence-electron chi connectivity index (χ2n) is 10.3. The number of carbonyl (C=O) groups excluding carboxylic acids is 1. The number of benzene rings is 1. The molecule has 1 aliphatic carbocycles. The summed E-state index contributed by atoms with van der Waals surface area (Å²) in [4.78, 5) is 31.6. The molecular weight excluding hydrogens is 457 g/mol. The van der Waals surface area contributed by atoms with E-state index in [1.165, 1.54) is 25.5 Å². The number of rotatable bonds is 5. The molecule has 36 heavy (non-hydrogen) atoms. The van der Waals surface area contributed by atoms with Gasteiger partial charge >= 0.3 is 0 Å². The molecule has 4 heterocycles. The number of amides is 1. The van der Waals surface area contributed by atoms with Gasteiger partial charge in [0.1, 0.15) is 11.0 Å². The number of hydrogen-bond acceptors (Lipinski definition) is 6. The van der Waals surface area contributed by atoms with E-state index >= 15 is 0 Å². The lowest BCUT2D eigenvalue weighted by molar-refractivity contribution is 0.102. The summed E-state index contributed by atoms with van der Waals surface area (Å²) >= 11 is 0. The molecule has 0 radical (unpaired) electrons. The SMILES string of the molecule is Cc1cn2cc(NC(=O)c3ccc(N4C[C@@H](C)N(CC5CC5)[C@@H](C)C4)c4nccnc34)cc(F)c2n1. The average Bonchev–Trinajstić information content (AvgIpc) is 3.59. The molecule has 1 amide bonds. The first-order valence-electron chi connectivity index (χ1n) is 12.6. The van der Waals surface area contributed by atoms with Gasteiger partial charge in [0, 0.05) is 62.6 Å². The molecule has 2 fully saturated rings. The van der Waals surface area contributed by atoms with Crippen LogP contribution in [0.4, 0.5) is 15.8 Å². The number of imidazole rings is 1. The van der Waals surface area contributed by atoms with Crippen molar-refractivity contribution in [1.82, 2.24) is 24.3 Å². The number of aromatic nitrogens is 4. The van der Waals surface area contributed by atoms with Crippen LogP contribution in [0.3, 0.4) is 0 Å². The first-order chi connectivity index (χ1) is 17.4. The minimum absolute atomic E-state index is 0.229. The predicted octanol–water partition coefficient (Wildman–Crippen LogP) is 4.29. The van der Waals surface area contributed by atoms with Gasteiger partial charge < -0.3 is 14.6 Å². The third-order valence-electron chi connectivity index (χ3n) is 7.34. The number of fused-ring (bicyclic) bond motifs is 2. The molecule has 2 atom stereocenters. The number of aryl methyl sites for hydroxylation is 1. The number of pyridine rings is 1. The molecule has 9 heteroatoms. The Kier molecular flexibility index (Phi) is 5.59. The summed E-state index contributed by atoms with van der Waals surface area (Å²) in [6.07, 6.45) is 9.34. The summed E-state index contributed by atoms with van der Waals surface area (Å²) in [6, 6.07) is 5.90. The van der Waals surface area contributed by atoms with Crippen molar-refractivity contribution in [3.8, 4) is 0 Å². The van der Waals surface area contributed by atoms with E-state index in [2.05, 4.69) is 43.9 Å². The van der Waals surface area contributed by atoms with E-state index in [-0.39, 0.29) is 11.6 Å². The summed E-state index contributed by atoms with van der Waals surface area (Å²) in [7, 11) is 0. The van der Waals surface area contributed by atoms with Gasteiger partial charge in [0.15, 0.2) is 11.5 Å². The predicted molar refractivity (Wildman–Crippen MR) is 138 cm³/mol. The summed E-state index contributed by atoms with van der Waals surface area (Å²) in [6.45, 7) is 9.36. The molecule has 0 bridgehead atoms. The standard InChI is InChI=1S/C27H30FN7O/c1-16-11-34-15-20(10-22(28)26(34)31-16)32-27(36)21-6-7-23(25-24(21)29-8-9-30-25)33-12-17(2)35(18(3)13-33)14-19-4-5-19/h6-11,15,17-19H,4-5,12-14H2,1-3H3,(H,32,36)/t17-,18+. The quantitative estimate of drug-likeness (QED) is 0.453. The fourth-order valence-electron chi connectivity index (χ4n) is 5.44. The van der Waals surface area contributed by atoms with E-state index in [1.807, 2.05) is 6.07 Å². The van der Waals surface area contributed by atoms with Crippen LogP contribution in [0, 0.1) is 18.7 Å². The Morgan fingerprint density at radius 3 is 2.53 bits per heavy atom. The number of hydrogen-bond donors (Lipinski definition) is 1.